The van der Waals surface area contributed by atoms with E-state index in [0.29, 0.717) is 0 Å². The molecule has 5 heteroatoms. The first-order chi connectivity index (χ1) is 6.22. The Balaban J connectivity index is 3.87. The highest BCUT2D eigenvalue weighted by Crippen LogP contribution is 2.06. The highest BCUT2D eigenvalue weighted by molar-refractivity contribution is 5.87. The van der Waals surface area contributed by atoms with Crippen LogP contribution < -0.4 is 5.32 Å². The monoisotopic (exact) mass is 201 g/mol. The van der Waals surface area contributed by atoms with Crippen LogP contribution in [0, 0.1) is 0 Å². The average molecular weight is 201 g/mol. The van der Waals surface area contributed by atoms with Gasteiger partial charge in [0.1, 0.15) is 5.60 Å². The van der Waals surface area contributed by atoms with Crippen LogP contribution in [0.15, 0.2) is 12.2 Å². The van der Waals surface area contributed by atoms with Crippen molar-refractivity contribution in [1.82, 2.24) is 5.32 Å². The average Bonchev–Trinajstić information content (AvgIpc) is 1.96. The van der Waals surface area contributed by atoms with Crippen molar-refractivity contribution in [3.05, 3.63) is 12.2 Å². The van der Waals surface area contributed by atoms with Gasteiger partial charge in [-0.15, -0.1) is 0 Å². The maximum atomic E-state index is 11.0. The van der Waals surface area contributed by atoms with Crippen molar-refractivity contribution < 1.29 is 19.4 Å². The van der Waals surface area contributed by atoms with Crippen LogP contribution in [0.5, 0.6) is 0 Å². The van der Waals surface area contributed by atoms with Crippen molar-refractivity contribution >= 4 is 12.1 Å². The van der Waals surface area contributed by atoms with Gasteiger partial charge in [-0.05, 0) is 20.8 Å². The van der Waals surface area contributed by atoms with Gasteiger partial charge in [-0.1, -0.05) is 6.58 Å². The molecule has 0 aromatic heterocycles. The molecule has 0 rings (SSSR count). The van der Waals surface area contributed by atoms with Gasteiger partial charge in [0.05, 0.1) is 6.54 Å². The van der Waals surface area contributed by atoms with Crippen molar-refractivity contribution in [3.8, 4) is 0 Å². The molecule has 0 atom stereocenters. The molecule has 1 amide bonds. The SMILES string of the molecule is C=C(CNC(=O)OC(C)(C)C)C(=O)O. The van der Waals surface area contributed by atoms with E-state index in [1.54, 1.807) is 20.8 Å². The number of hydrogen-bond acceptors (Lipinski definition) is 3. The largest absolute Gasteiger partial charge is 0.478 e. The van der Waals surface area contributed by atoms with Crippen molar-refractivity contribution in [2.75, 3.05) is 6.54 Å². The number of amides is 1. The third kappa shape index (κ3) is 6.05. The zero-order valence-corrected chi connectivity index (χ0v) is 8.59. The summed E-state index contributed by atoms with van der Waals surface area (Å²) in [6.07, 6.45) is -0.653. The van der Waals surface area contributed by atoms with Crippen LogP contribution in [-0.4, -0.2) is 29.3 Å². The Kier molecular flexibility index (Phi) is 4.14. The molecule has 0 aliphatic carbocycles. The van der Waals surface area contributed by atoms with E-state index in [-0.39, 0.29) is 12.1 Å². The lowest BCUT2D eigenvalue weighted by molar-refractivity contribution is -0.132. The van der Waals surface area contributed by atoms with Crippen LogP contribution in [0.2, 0.25) is 0 Å². The van der Waals surface area contributed by atoms with E-state index in [4.69, 9.17) is 9.84 Å². The molecule has 0 aromatic carbocycles. The molecule has 80 valence electrons. The number of ether oxygens (including phenoxy) is 1. The summed E-state index contributed by atoms with van der Waals surface area (Å²) in [5.41, 5.74) is -0.676. The lowest BCUT2D eigenvalue weighted by Gasteiger charge is -2.19. The van der Waals surface area contributed by atoms with Crippen LogP contribution in [-0.2, 0) is 9.53 Å². The summed E-state index contributed by atoms with van der Waals surface area (Å²) in [7, 11) is 0. The molecule has 5 nitrogen and oxygen atoms in total. The Bertz CT molecular complexity index is 252. The van der Waals surface area contributed by atoms with E-state index < -0.39 is 17.7 Å². The molecular weight excluding hydrogens is 186 g/mol. The minimum Gasteiger partial charge on any atom is -0.478 e. The van der Waals surface area contributed by atoms with Crippen molar-refractivity contribution in [3.63, 3.8) is 0 Å². The van der Waals surface area contributed by atoms with Gasteiger partial charge in [0.2, 0.25) is 0 Å². The number of nitrogens with one attached hydrogen (secondary N) is 1. The molecule has 0 aliphatic heterocycles. The molecule has 0 radical (unpaired) electrons. The van der Waals surface area contributed by atoms with E-state index in [2.05, 4.69) is 11.9 Å². The van der Waals surface area contributed by atoms with Crippen LogP contribution in [0.1, 0.15) is 20.8 Å². The highest BCUT2D eigenvalue weighted by atomic mass is 16.6. The first-order valence-electron chi connectivity index (χ1n) is 4.10. The number of aliphatic carboxylic acids is 1. The second-order valence-electron chi connectivity index (χ2n) is 3.76. The minimum absolute atomic E-state index is 0.0872. The molecule has 0 heterocycles. The first kappa shape index (κ1) is 12.5. The standard InChI is InChI=1S/C9H15NO4/c1-6(7(11)12)5-10-8(13)14-9(2,3)4/h1,5H2,2-4H3,(H,10,13)(H,11,12). The molecule has 0 saturated heterocycles. The van der Waals surface area contributed by atoms with E-state index in [0.717, 1.165) is 0 Å². The van der Waals surface area contributed by atoms with Gasteiger partial charge in [0.15, 0.2) is 0 Å². The normalized spacial score (nSPS) is 10.5. The van der Waals surface area contributed by atoms with Crippen LogP contribution >= 0.6 is 0 Å². The van der Waals surface area contributed by atoms with Gasteiger partial charge in [-0.25, -0.2) is 9.59 Å². The quantitative estimate of drug-likeness (QED) is 0.671. The molecule has 0 spiro atoms. The zero-order chi connectivity index (χ0) is 11.4. The highest BCUT2D eigenvalue weighted by Gasteiger charge is 2.16. The summed E-state index contributed by atoms with van der Waals surface area (Å²) >= 11 is 0. The Morgan fingerprint density at radius 1 is 1.43 bits per heavy atom. The molecule has 0 saturated carbocycles. The Morgan fingerprint density at radius 2 is 1.93 bits per heavy atom. The van der Waals surface area contributed by atoms with Gasteiger partial charge >= 0.3 is 12.1 Å². The predicted octanol–water partition coefficient (Wildman–Crippen LogP) is 1.15. The number of rotatable bonds is 3. The number of carboxylic acid groups (broad SMARTS) is 1. The maximum Gasteiger partial charge on any atom is 0.407 e. The van der Waals surface area contributed by atoms with Crippen LogP contribution in [0.3, 0.4) is 0 Å². The Morgan fingerprint density at radius 3 is 2.29 bits per heavy atom. The van der Waals surface area contributed by atoms with Crippen molar-refractivity contribution in [2.45, 2.75) is 26.4 Å². The van der Waals surface area contributed by atoms with Gasteiger partial charge in [0.25, 0.3) is 0 Å². The van der Waals surface area contributed by atoms with Gasteiger partial charge < -0.3 is 15.2 Å². The van der Waals surface area contributed by atoms with Gasteiger partial charge in [-0.3, -0.25) is 0 Å². The lowest BCUT2D eigenvalue weighted by Crippen LogP contribution is -2.34. The summed E-state index contributed by atoms with van der Waals surface area (Å²) in [5.74, 6) is -1.14. The molecule has 2 N–H and O–H groups in total. The third-order valence-electron chi connectivity index (χ3n) is 1.15. The third-order valence-corrected chi connectivity index (χ3v) is 1.15. The Labute approximate surface area is 82.7 Å². The topological polar surface area (TPSA) is 75.6 Å². The van der Waals surface area contributed by atoms with Crippen LogP contribution in [0.4, 0.5) is 4.79 Å². The fourth-order valence-electron chi connectivity index (χ4n) is 0.569. The second kappa shape index (κ2) is 4.64. The number of alkyl carbamates (subject to hydrolysis) is 1. The number of hydrogen-bond donors (Lipinski definition) is 2. The summed E-state index contributed by atoms with van der Waals surface area (Å²) in [6.45, 7) is 8.29. The van der Waals surface area contributed by atoms with Gasteiger partial charge in [0, 0.05) is 5.57 Å². The first-order valence-corrected chi connectivity index (χ1v) is 4.10. The summed E-state index contributed by atoms with van der Waals surface area (Å²) in [5, 5.41) is 10.7. The fourth-order valence-corrected chi connectivity index (χ4v) is 0.569. The fraction of sp³-hybridized carbons (Fsp3) is 0.556. The van der Waals surface area contributed by atoms with E-state index in [1.807, 2.05) is 0 Å². The minimum atomic E-state index is -1.14. The Hall–Kier alpha value is -1.52. The number of carbonyl (C=O) groups is 2. The van der Waals surface area contributed by atoms with E-state index in [1.165, 1.54) is 0 Å². The smallest absolute Gasteiger partial charge is 0.407 e. The lowest BCUT2D eigenvalue weighted by atomic mass is 10.2. The molecule has 0 aromatic rings. The zero-order valence-electron chi connectivity index (χ0n) is 8.59. The molecule has 14 heavy (non-hydrogen) atoms. The van der Waals surface area contributed by atoms with E-state index in [9.17, 15) is 9.59 Å². The van der Waals surface area contributed by atoms with Gasteiger partial charge in [-0.2, -0.15) is 0 Å². The second-order valence-corrected chi connectivity index (χ2v) is 3.76. The predicted molar refractivity (Wildman–Crippen MR) is 51.0 cm³/mol. The molecule has 0 aliphatic rings. The summed E-state index contributed by atoms with van der Waals surface area (Å²) < 4.78 is 4.88. The molecule has 0 bridgehead atoms. The maximum absolute atomic E-state index is 11.0. The summed E-state index contributed by atoms with van der Waals surface area (Å²) in [6, 6.07) is 0. The number of carboxylic acids is 1. The summed E-state index contributed by atoms with van der Waals surface area (Å²) in [4.78, 5) is 21.3. The molecule has 0 unspecified atom stereocenters. The number of carbonyl (C=O) groups excluding carboxylic acids is 1. The van der Waals surface area contributed by atoms with Crippen molar-refractivity contribution in [1.29, 1.82) is 0 Å². The van der Waals surface area contributed by atoms with Crippen molar-refractivity contribution in [2.24, 2.45) is 0 Å². The molecule has 0 fully saturated rings. The molecular formula is C9H15NO4. The van der Waals surface area contributed by atoms with E-state index >= 15 is 0 Å². The van der Waals surface area contributed by atoms with Crippen LogP contribution in [0.25, 0.3) is 0 Å².